The lowest BCUT2D eigenvalue weighted by Crippen LogP contribution is -2.20. The van der Waals surface area contributed by atoms with Gasteiger partial charge >= 0.3 is 0 Å². The van der Waals surface area contributed by atoms with Crippen LogP contribution in [-0.4, -0.2) is 19.6 Å². The molecule has 5 nitrogen and oxygen atoms in total. The molecular formula is C23H23IN2O3. The molecule has 150 valence electrons. The minimum Gasteiger partial charge on any atom is -0.493 e. The quantitative estimate of drug-likeness (QED) is 0.414. The van der Waals surface area contributed by atoms with Gasteiger partial charge in [-0.1, -0.05) is 30.3 Å². The van der Waals surface area contributed by atoms with Crippen molar-refractivity contribution >= 4 is 39.9 Å². The average Bonchev–Trinajstić information content (AvgIpc) is 2.72. The number of hydrogen-bond donors (Lipinski definition) is 2. The first-order chi connectivity index (χ1) is 14.0. The molecule has 0 atom stereocenters. The number of carbonyl (C=O) groups is 1. The van der Waals surface area contributed by atoms with Crippen LogP contribution in [-0.2, 0) is 11.3 Å². The molecule has 6 heteroatoms. The maximum atomic E-state index is 12.2. The first kappa shape index (κ1) is 21.0. The van der Waals surface area contributed by atoms with Crippen LogP contribution in [0.15, 0.2) is 66.7 Å². The van der Waals surface area contributed by atoms with Crippen LogP contribution < -0.4 is 20.1 Å². The van der Waals surface area contributed by atoms with E-state index in [4.69, 9.17) is 9.47 Å². The molecule has 0 unspecified atom stereocenters. The fourth-order valence-electron chi connectivity index (χ4n) is 2.83. The molecule has 2 N–H and O–H groups in total. The summed E-state index contributed by atoms with van der Waals surface area (Å²) in [6, 6.07) is 21.6. The van der Waals surface area contributed by atoms with Crippen molar-refractivity contribution in [2.24, 2.45) is 0 Å². The van der Waals surface area contributed by atoms with Gasteiger partial charge in [-0.3, -0.25) is 4.79 Å². The van der Waals surface area contributed by atoms with E-state index in [1.807, 2.05) is 73.7 Å². The summed E-state index contributed by atoms with van der Waals surface area (Å²) < 4.78 is 12.2. The van der Waals surface area contributed by atoms with Crippen LogP contribution in [0.4, 0.5) is 11.4 Å². The first-order valence-electron chi connectivity index (χ1n) is 9.20. The largest absolute Gasteiger partial charge is 0.493 e. The third kappa shape index (κ3) is 6.12. The van der Waals surface area contributed by atoms with Crippen molar-refractivity contribution in [2.75, 3.05) is 24.4 Å². The summed E-state index contributed by atoms with van der Waals surface area (Å²) in [4.78, 5) is 12.2. The Morgan fingerprint density at radius 2 is 1.76 bits per heavy atom. The summed E-state index contributed by atoms with van der Waals surface area (Å²) in [5.74, 6) is 0.948. The van der Waals surface area contributed by atoms with Crippen molar-refractivity contribution in [2.45, 2.75) is 13.5 Å². The zero-order valence-electron chi connectivity index (χ0n) is 16.4. The summed E-state index contributed by atoms with van der Waals surface area (Å²) in [6.07, 6.45) is 0. The maximum absolute atomic E-state index is 12.2. The van der Waals surface area contributed by atoms with E-state index < -0.39 is 0 Å². The molecule has 0 bridgehead atoms. The Balaban J connectivity index is 1.63. The number of halogens is 1. The van der Waals surface area contributed by atoms with E-state index in [-0.39, 0.29) is 12.5 Å². The monoisotopic (exact) mass is 502 g/mol. The van der Waals surface area contributed by atoms with Crippen LogP contribution in [0.25, 0.3) is 0 Å². The maximum Gasteiger partial charge on any atom is 0.262 e. The molecule has 0 saturated carbocycles. The number of ether oxygens (including phenoxy) is 2. The van der Waals surface area contributed by atoms with Gasteiger partial charge in [0, 0.05) is 17.9 Å². The van der Waals surface area contributed by atoms with Crippen LogP contribution in [0.2, 0.25) is 0 Å². The van der Waals surface area contributed by atoms with Gasteiger partial charge in [-0.25, -0.2) is 0 Å². The van der Waals surface area contributed by atoms with Crippen molar-refractivity contribution < 1.29 is 14.3 Å². The van der Waals surface area contributed by atoms with E-state index in [1.54, 1.807) is 7.11 Å². The van der Waals surface area contributed by atoms with E-state index in [1.165, 1.54) is 0 Å². The Morgan fingerprint density at radius 3 is 2.48 bits per heavy atom. The highest BCUT2D eigenvalue weighted by Crippen LogP contribution is 2.34. The molecule has 0 fully saturated rings. The topological polar surface area (TPSA) is 59.6 Å². The lowest BCUT2D eigenvalue weighted by atomic mass is 10.2. The molecule has 3 aromatic carbocycles. The highest BCUT2D eigenvalue weighted by Gasteiger charge is 2.14. The SMILES string of the molecule is COc1cc(CNc2ccccc2)cc(I)c1OCC(=O)Nc1cccc(C)c1. The number of para-hydroxylation sites is 1. The number of methoxy groups -OCH3 is 1. The predicted molar refractivity (Wildman–Crippen MR) is 125 cm³/mol. The van der Waals surface area contributed by atoms with Crippen molar-refractivity contribution in [3.05, 3.63) is 81.4 Å². The van der Waals surface area contributed by atoms with Gasteiger partial charge in [0.25, 0.3) is 5.91 Å². The Labute approximate surface area is 184 Å². The van der Waals surface area contributed by atoms with Gasteiger partial charge in [0.05, 0.1) is 10.7 Å². The fourth-order valence-corrected chi connectivity index (χ4v) is 3.65. The third-order valence-corrected chi connectivity index (χ3v) is 5.01. The molecule has 0 saturated heterocycles. The van der Waals surface area contributed by atoms with Gasteiger partial charge in [0.1, 0.15) is 0 Å². The second-order valence-corrected chi connectivity index (χ2v) is 7.70. The lowest BCUT2D eigenvalue weighted by molar-refractivity contribution is -0.118. The van der Waals surface area contributed by atoms with Gasteiger partial charge in [-0.05, 0) is 77.0 Å². The van der Waals surface area contributed by atoms with Crippen molar-refractivity contribution in [3.63, 3.8) is 0 Å². The van der Waals surface area contributed by atoms with Crippen molar-refractivity contribution in [1.82, 2.24) is 0 Å². The molecule has 3 rings (SSSR count). The minimum absolute atomic E-state index is 0.0953. The van der Waals surface area contributed by atoms with Crippen molar-refractivity contribution in [3.8, 4) is 11.5 Å². The molecule has 29 heavy (non-hydrogen) atoms. The van der Waals surface area contributed by atoms with E-state index in [2.05, 4.69) is 33.2 Å². The minimum atomic E-state index is -0.219. The summed E-state index contributed by atoms with van der Waals surface area (Å²) in [7, 11) is 1.60. The van der Waals surface area contributed by atoms with Gasteiger partial charge < -0.3 is 20.1 Å². The van der Waals surface area contributed by atoms with Gasteiger partial charge in [0.15, 0.2) is 18.1 Å². The Hall–Kier alpha value is -2.74. The first-order valence-corrected chi connectivity index (χ1v) is 10.3. The lowest BCUT2D eigenvalue weighted by Gasteiger charge is -2.15. The average molecular weight is 502 g/mol. The van der Waals surface area contributed by atoms with Crippen LogP contribution >= 0.6 is 22.6 Å². The van der Waals surface area contributed by atoms with Gasteiger partial charge in [-0.2, -0.15) is 0 Å². The molecule has 0 heterocycles. The molecular weight excluding hydrogens is 479 g/mol. The van der Waals surface area contributed by atoms with E-state index in [0.29, 0.717) is 18.0 Å². The Kier molecular flexibility index (Phi) is 7.35. The second-order valence-electron chi connectivity index (χ2n) is 6.53. The zero-order valence-corrected chi connectivity index (χ0v) is 18.5. The van der Waals surface area contributed by atoms with Crippen LogP contribution in [0.3, 0.4) is 0 Å². The number of benzene rings is 3. The fraction of sp³-hybridized carbons (Fsp3) is 0.174. The molecule has 0 aliphatic rings. The number of carbonyl (C=O) groups excluding carboxylic acids is 1. The Morgan fingerprint density at radius 1 is 1.00 bits per heavy atom. The standard InChI is InChI=1S/C23H23IN2O3/c1-16-7-6-10-19(11-16)26-22(27)15-29-23-20(24)12-17(13-21(23)28-2)14-25-18-8-4-3-5-9-18/h3-13,25H,14-15H2,1-2H3,(H,26,27). The number of aryl methyl sites for hydroxylation is 1. The van der Waals surface area contributed by atoms with Gasteiger partial charge in [0.2, 0.25) is 0 Å². The smallest absolute Gasteiger partial charge is 0.262 e. The molecule has 3 aromatic rings. The third-order valence-electron chi connectivity index (χ3n) is 4.21. The normalized spacial score (nSPS) is 10.3. The number of amides is 1. The molecule has 0 spiro atoms. The second kappa shape index (κ2) is 10.2. The van der Waals surface area contributed by atoms with Gasteiger partial charge in [-0.15, -0.1) is 0 Å². The van der Waals surface area contributed by atoms with E-state index >= 15 is 0 Å². The van der Waals surface area contributed by atoms with Crippen LogP contribution in [0, 0.1) is 10.5 Å². The summed E-state index contributed by atoms with van der Waals surface area (Å²) in [5.41, 5.74) is 3.95. The van der Waals surface area contributed by atoms with Crippen molar-refractivity contribution in [1.29, 1.82) is 0 Å². The molecule has 0 aromatic heterocycles. The highest BCUT2D eigenvalue weighted by atomic mass is 127. The Bertz CT molecular complexity index is 977. The number of rotatable bonds is 8. The number of hydrogen-bond acceptors (Lipinski definition) is 4. The summed E-state index contributed by atoms with van der Waals surface area (Å²) in [5, 5.41) is 6.22. The molecule has 1 amide bonds. The summed E-state index contributed by atoms with van der Waals surface area (Å²) in [6.45, 7) is 2.54. The number of anilines is 2. The highest BCUT2D eigenvalue weighted by molar-refractivity contribution is 14.1. The predicted octanol–water partition coefficient (Wildman–Crippen LogP) is 5.24. The van der Waals surface area contributed by atoms with E-state index in [0.717, 1.165) is 26.1 Å². The molecule has 0 aliphatic carbocycles. The molecule has 0 radical (unpaired) electrons. The zero-order chi connectivity index (χ0) is 20.6. The van der Waals surface area contributed by atoms with Crippen LogP contribution in [0.5, 0.6) is 11.5 Å². The summed E-state index contributed by atoms with van der Waals surface area (Å²) >= 11 is 2.20. The van der Waals surface area contributed by atoms with Crippen LogP contribution in [0.1, 0.15) is 11.1 Å². The number of nitrogens with one attached hydrogen (secondary N) is 2. The molecule has 0 aliphatic heterocycles. The van der Waals surface area contributed by atoms with E-state index in [9.17, 15) is 4.79 Å².